The smallest absolute Gasteiger partial charge is 0.416 e. The molecular formula is C15H11F4N3O6S2. The Kier molecular flexibility index (Phi) is 5.06. The van der Waals surface area contributed by atoms with E-state index < -0.39 is 72.3 Å². The minimum atomic E-state index is -4.67. The highest BCUT2D eigenvalue weighted by Crippen LogP contribution is 2.37. The van der Waals surface area contributed by atoms with Crippen molar-refractivity contribution in [2.45, 2.75) is 11.1 Å². The van der Waals surface area contributed by atoms with Crippen LogP contribution in [0.1, 0.15) is 5.56 Å². The fourth-order valence-electron chi connectivity index (χ4n) is 2.57. The van der Waals surface area contributed by atoms with Gasteiger partial charge in [-0.1, -0.05) is 0 Å². The zero-order valence-corrected chi connectivity index (χ0v) is 16.1. The lowest BCUT2D eigenvalue weighted by Crippen LogP contribution is -2.30. The average molecular weight is 469 g/mol. The molecule has 2 aromatic carbocycles. The Morgan fingerprint density at radius 1 is 1.13 bits per heavy atom. The summed E-state index contributed by atoms with van der Waals surface area (Å²) in [7, 11) is -8.90. The number of carbonyl (C=O) groups is 1. The molecule has 0 aliphatic carbocycles. The Hall–Kier alpha value is -3.07. The van der Waals surface area contributed by atoms with Gasteiger partial charge in [0.2, 0.25) is 0 Å². The van der Waals surface area contributed by atoms with Gasteiger partial charge in [-0.25, -0.2) is 21.8 Å². The highest BCUT2D eigenvalue weighted by atomic mass is 32.2. The predicted octanol–water partition coefficient (Wildman–Crippen LogP) is 1.53. The largest absolute Gasteiger partial charge is 0.506 e. The van der Waals surface area contributed by atoms with E-state index in [0.717, 1.165) is 0 Å². The number of phenolic OH excluding ortho intramolecular Hbond substituents is 1. The molecule has 1 aliphatic heterocycles. The minimum absolute atomic E-state index is 0.258. The normalized spacial score (nSPS) is 16.4. The number of phenols is 1. The van der Waals surface area contributed by atoms with E-state index in [-0.39, 0.29) is 4.31 Å². The number of alkyl halides is 3. The molecule has 3 rings (SSSR count). The number of hydrogen-bond acceptors (Lipinski definition) is 6. The lowest BCUT2D eigenvalue weighted by molar-refractivity contribution is -0.137. The second kappa shape index (κ2) is 7.02. The molecule has 0 aromatic heterocycles. The van der Waals surface area contributed by atoms with E-state index in [1.807, 2.05) is 4.72 Å². The molecule has 3 N–H and O–H groups in total. The van der Waals surface area contributed by atoms with Crippen LogP contribution in [0, 0.1) is 5.82 Å². The van der Waals surface area contributed by atoms with Crippen molar-refractivity contribution in [3.05, 3.63) is 47.8 Å². The van der Waals surface area contributed by atoms with Crippen LogP contribution in [-0.2, 0) is 31.2 Å². The van der Waals surface area contributed by atoms with Crippen molar-refractivity contribution < 1.29 is 44.3 Å². The Balaban J connectivity index is 1.91. The monoisotopic (exact) mass is 469 g/mol. The molecule has 1 saturated heterocycles. The van der Waals surface area contributed by atoms with Crippen molar-refractivity contribution in [3.8, 4) is 5.75 Å². The van der Waals surface area contributed by atoms with E-state index in [0.29, 0.717) is 36.4 Å². The fourth-order valence-corrected chi connectivity index (χ4v) is 4.78. The molecule has 0 saturated carbocycles. The SMILES string of the molecule is O=C1CN(c2c(O)cc(NS(=O)(=O)c3ccc(C(F)(F)F)cc3)cc2F)S(=O)(=O)N1. The van der Waals surface area contributed by atoms with E-state index in [1.54, 1.807) is 4.72 Å². The van der Waals surface area contributed by atoms with Gasteiger partial charge in [-0.2, -0.15) is 21.6 Å². The Morgan fingerprint density at radius 2 is 1.73 bits per heavy atom. The number of anilines is 2. The lowest BCUT2D eigenvalue weighted by atomic mass is 10.2. The molecule has 0 unspecified atom stereocenters. The van der Waals surface area contributed by atoms with Crippen molar-refractivity contribution in [2.24, 2.45) is 0 Å². The molecule has 9 nitrogen and oxygen atoms in total. The van der Waals surface area contributed by atoms with Crippen molar-refractivity contribution in [1.29, 1.82) is 0 Å². The molecule has 1 heterocycles. The summed E-state index contributed by atoms with van der Waals surface area (Å²) in [6, 6.07) is 3.66. The fraction of sp³-hybridized carbons (Fsp3) is 0.133. The van der Waals surface area contributed by atoms with Crippen LogP contribution in [0.5, 0.6) is 5.75 Å². The standard InChI is InChI=1S/C15H11F4N3O6S2/c16-11-5-9(6-12(23)14(11)22-7-13(24)21-30(22,27)28)20-29(25,26)10-3-1-8(2-4-10)15(17,18)19/h1-6,20,23H,7H2,(H,21,24). The van der Waals surface area contributed by atoms with Crippen LogP contribution in [0.2, 0.25) is 0 Å². The van der Waals surface area contributed by atoms with Crippen LogP contribution in [0.4, 0.5) is 28.9 Å². The molecule has 0 radical (unpaired) electrons. The quantitative estimate of drug-likeness (QED) is 0.582. The van der Waals surface area contributed by atoms with Crippen LogP contribution >= 0.6 is 0 Å². The molecule has 1 amide bonds. The van der Waals surface area contributed by atoms with Crippen LogP contribution in [0.25, 0.3) is 0 Å². The number of sulfonamides is 1. The second-order valence-electron chi connectivity index (χ2n) is 5.99. The summed E-state index contributed by atoms with van der Waals surface area (Å²) in [6.07, 6.45) is -4.67. The molecule has 0 bridgehead atoms. The zero-order valence-electron chi connectivity index (χ0n) is 14.4. The highest BCUT2D eigenvalue weighted by molar-refractivity contribution is 7.92. The van der Waals surface area contributed by atoms with Gasteiger partial charge in [-0.15, -0.1) is 0 Å². The highest BCUT2D eigenvalue weighted by Gasteiger charge is 2.37. The molecule has 0 spiro atoms. The number of hydrogen-bond donors (Lipinski definition) is 3. The third-order valence-electron chi connectivity index (χ3n) is 3.86. The van der Waals surface area contributed by atoms with Crippen molar-refractivity contribution in [3.63, 3.8) is 0 Å². The predicted molar refractivity (Wildman–Crippen MR) is 94.7 cm³/mol. The van der Waals surface area contributed by atoms with E-state index in [1.165, 1.54) is 0 Å². The summed E-state index contributed by atoms with van der Waals surface area (Å²) in [5.41, 5.74) is -2.50. The van der Waals surface area contributed by atoms with Crippen molar-refractivity contribution in [2.75, 3.05) is 15.6 Å². The Labute approximate surface area is 167 Å². The molecule has 162 valence electrons. The second-order valence-corrected chi connectivity index (χ2v) is 9.27. The molecule has 1 aliphatic rings. The number of aromatic hydroxyl groups is 1. The Bertz CT molecular complexity index is 1210. The zero-order chi connectivity index (χ0) is 22.5. The summed E-state index contributed by atoms with van der Waals surface area (Å²) in [5, 5.41) is 10.00. The summed E-state index contributed by atoms with van der Waals surface area (Å²) < 4.78 is 104. The van der Waals surface area contributed by atoms with Gasteiger partial charge in [0.1, 0.15) is 18.0 Å². The molecule has 0 atom stereocenters. The first-order valence-electron chi connectivity index (χ1n) is 7.76. The third-order valence-corrected chi connectivity index (χ3v) is 6.63. The van der Waals surface area contributed by atoms with Crippen molar-refractivity contribution >= 4 is 37.5 Å². The van der Waals surface area contributed by atoms with E-state index in [9.17, 15) is 44.3 Å². The van der Waals surface area contributed by atoms with Crippen LogP contribution in [-0.4, -0.2) is 34.4 Å². The van der Waals surface area contributed by atoms with Gasteiger partial charge in [0.05, 0.1) is 16.1 Å². The molecule has 2 aromatic rings. The topological polar surface area (TPSA) is 133 Å². The number of amides is 1. The van der Waals surface area contributed by atoms with Gasteiger partial charge in [0.25, 0.3) is 15.9 Å². The number of nitrogens with one attached hydrogen (secondary N) is 2. The Morgan fingerprint density at radius 3 is 2.20 bits per heavy atom. The third kappa shape index (κ3) is 4.11. The number of halogens is 4. The molecule has 15 heteroatoms. The van der Waals surface area contributed by atoms with E-state index in [4.69, 9.17) is 0 Å². The molecule has 1 fully saturated rings. The number of nitrogens with zero attached hydrogens (tertiary/aromatic N) is 1. The maximum atomic E-state index is 14.4. The van der Waals surface area contributed by atoms with Gasteiger partial charge in [-0.3, -0.25) is 9.52 Å². The van der Waals surface area contributed by atoms with E-state index in [2.05, 4.69) is 0 Å². The molecule has 30 heavy (non-hydrogen) atoms. The average Bonchev–Trinajstić information content (AvgIpc) is 2.85. The summed E-state index contributed by atoms with van der Waals surface area (Å²) in [4.78, 5) is 10.7. The van der Waals surface area contributed by atoms with Gasteiger partial charge in [-0.05, 0) is 24.3 Å². The summed E-state index contributed by atoms with van der Waals surface area (Å²) in [6.45, 7) is -0.802. The number of rotatable bonds is 4. The molecular weight excluding hydrogens is 458 g/mol. The van der Waals surface area contributed by atoms with Gasteiger partial charge in [0.15, 0.2) is 5.82 Å². The first-order valence-corrected chi connectivity index (χ1v) is 10.7. The number of carbonyl (C=O) groups excluding carboxylic acids is 1. The minimum Gasteiger partial charge on any atom is -0.506 e. The summed E-state index contributed by atoms with van der Waals surface area (Å²) >= 11 is 0. The maximum Gasteiger partial charge on any atom is 0.416 e. The van der Waals surface area contributed by atoms with Crippen LogP contribution in [0.15, 0.2) is 41.3 Å². The first-order chi connectivity index (χ1) is 13.7. The van der Waals surface area contributed by atoms with Crippen LogP contribution in [0.3, 0.4) is 0 Å². The van der Waals surface area contributed by atoms with Crippen LogP contribution < -0.4 is 13.7 Å². The van der Waals surface area contributed by atoms with Gasteiger partial charge < -0.3 is 5.11 Å². The number of benzene rings is 2. The maximum absolute atomic E-state index is 14.4. The van der Waals surface area contributed by atoms with Gasteiger partial charge in [0, 0.05) is 12.1 Å². The lowest BCUT2D eigenvalue weighted by Gasteiger charge is -2.18. The van der Waals surface area contributed by atoms with Gasteiger partial charge >= 0.3 is 16.4 Å². The summed E-state index contributed by atoms with van der Waals surface area (Å²) in [5.74, 6) is -3.35. The first kappa shape index (κ1) is 21.6. The van der Waals surface area contributed by atoms with Crippen molar-refractivity contribution in [1.82, 2.24) is 4.72 Å². The van der Waals surface area contributed by atoms with E-state index >= 15 is 0 Å².